The van der Waals surface area contributed by atoms with Gasteiger partial charge in [-0.25, -0.2) is 13.8 Å². The summed E-state index contributed by atoms with van der Waals surface area (Å²) >= 11 is 6.93. The van der Waals surface area contributed by atoms with Gasteiger partial charge in [0, 0.05) is 30.2 Å². The molecule has 0 aliphatic carbocycles. The summed E-state index contributed by atoms with van der Waals surface area (Å²) in [4.78, 5) is 5.20. The van der Waals surface area contributed by atoms with E-state index in [0.29, 0.717) is 30.7 Å². The van der Waals surface area contributed by atoms with Crippen LogP contribution in [0.3, 0.4) is 0 Å². The molecule has 0 saturated carbocycles. The maximum atomic E-state index is 14.9. The number of aromatic nitrogens is 1. The van der Waals surface area contributed by atoms with Crippen LogP contribution in [0.1, 0.15) is 34.1 Å². The summed E-state index contributed by atoms with van der Waals surface area (Å²) in [6, 6.07) is 5.37. The van der Waals surface area contributed by atoms with Crippen molar-refractivity contribution in [2.75, 3.05) is 22.7 Å². The molecule has 0 spiro atoms. The second-order valence-corrected chi connectivity index (χ2v) is 9.69. The van der Waals surface area contributed by atoms with Crippen LogP contribution in [0, 0.1) is 17.6 Å². The summed E-state index contributed by atoms with van der Waals surface area (Å²) in [5.41, 5.74) is 0.0590. The predicted octanol–water partition coefficient (Wildman–Crippen LogP) is 5.63. The molecule has 0 unspecified atom stereocenters. The van der Waals surface area contributed by atoms with Gasteiger partial charge in [0.05, 0.1) is 5.69 Å². The Hall–Kier alpha value is -1.64. The number of nitrogens with zero attached hydrogens (tertiary/aromatic N) is 2. The van der Waals surface area contributed by atoms with Crippen molar-refractivity contribution in [1.82, 2.24) is 10.3 Å². The zero-order valence-corrected chi connectivity index (χ0v) is 18.3. The van der Waals surface area contributed by atoms with E-state index in [-0.39, 0.29) is 26.8 Å². The van der Waals surface area contributed by atoms with Gasteiger partial charge in [0.25, 0.3) is 0 Å². The van der Waals surface area contributed by atoms with Crippen LogP contribution in [0.25, 0.3) is 0 Å². The fourth-order valence-electron chi connectivity index (χ4n) is 3.63. The summed E-state index contributed by atoms with van der Waals surface area (Å²) in [6.07, 6.45) is 0.827. The van der Waals surface area contributed by atoms with Gasteiger partial charge in [-0.15, -0.1) is 0 Å². The van der Waals surface area contributed by atoms with Gasteiger partial charge in [-0.3, -0.25) is 0 Å². The van der Waals surface area contributed by atoms with Crippen molar-refractivity contribution < 1.29 is 13.2 Å². The molecule has 1 aromatic carbocycles. The monoisotopic (exact) mass is 444 g/mol. The van der Waals surface area contributed by atoms with Crippen LogP contribution in [-0.2, 0) is 0 Å². The highest BCUT2D eigenvalue weighted by molar-refractivity contribution is 8.00. The lowest BCUT2D eigenvalue weighted by atomic mass is 9.96. The van der Waals surface area contributed by atoms with Gasteiger partial charge in [-0.05, 0) is 58.2 Å². The van der Waals surface area contributed by atoms with Crippen molar-refractivity contribution in [2.24, 2.45) is 0 Å². The van der Waals surface area contributed by atoms with Gasteiger partial charge < -0.3 is 14.9 Å². The predicted molar refractivity (Wildman–Crippen MR) is 113 cm³/mol. The minimum absolute atomic E-state index is 0.0812. The minimum atomic E-state index is -0.854. The molecule has 2 heterocycles. The highest BCUT2D eigenvalue weighted by Gasteiger charge is 2.37. The molecule has 1 atom stereocenters. The first-order valence-corrected chi connectivity index (χ1v) is 10.4. The third-order valence-corrected chi connectivity index (χ3v) is 5.81. The number of pyridine rings is 1. The lowest BCUT2D eigenvalue weighted by Gasteiger charge is -2.35. The molecule has 4 nitrogen and oxygen atoms in total. The van der Waals surface area contributed by atoms with Gasteiger partial charge in [0.15, 0.2) is 5.82 Å². The molecule has 1 aliphatic rings. The Labute approximate surface area is 178 Å². The van der Waals surface area contributed by atoms with E-state index in [0.717, 1.165) is 6.42 Å². The molecule has 2 aromatic rings. The first kappa shape index (κ1) is 22.1. The summed E-state index contributed by atoms with van der Waals surface area (Å²) in [6.45, 7) is 9.56. The second kappa shape index (κ2) is 8.24. The zero-order chi connectivity index (χ0) is 21.4. The van der Waals surface area contributed by atoms with Crippen LogP contribution in [-0.4, -0.2) is 29.2 Å². The van der Waals surface area contributed by atoms with E-state index >= 15 is 0 Å². The Bertz CT molecular complexity index is 906. The average Bonchev–Trinajstić information content (AvgIpc) is 2.97. The number of nitrogens with one attached hydrogen (secondary N) is 2. The maximum Gasteiger partial charge on any atom is 0.214 e. The van der Waals surface area contributed by atoms with Crippen molar-refractivity contribution >= 4 is 35.1 Å². The van der Waals surface area contributed by atoms with Crippen molar-refractivity contribution in [1.29, 1.82) is 0 Å². The molecule has 0 radical (unpaired) electrons. The first-order chi connectivity index (χ1) is 13.5. The van der Waals surface area contributed by atoms with Gasteiger partial charge in [0.1, 0.15) is 21.6 Å². The van der Waals surface area contributed by atoms with E-state index in [4.69, 9.17) is 11.6 Å². The first-order valence-electron chi connectivity index (χ1n) is 9.25. The minimum Gasteiger partial charge on any atom is -0.368 e. The van der Waals surface area contributed by atoms with E-state index in [1.165, 1.54) is 24.3 Å². The number of halogens is 4. The van der Waals surface area contributed by atoms with Crippen LogP contribution in [0.5, 0.6) is 0 Å². The third kappa shape index (κ3) is 5.29. The Kier molecular flexibility index (Phi) is 6.27. The molecule has 3 rings (SSSR count). The molecule has 1 aromatic heterocycles. The lowest BCUT2D eigenvalue weighted by Crippen LogP contribution is -2.53. The molecule has 0 bridgehead atoms. The fourth-order valence-corrected chi connectivity index (χ4v) is 4.63. The van der Waals surface area contributed by atoms with Crippen molar-refractivity contribution in [3.8, 4) is 0 Å². The Morgan fingerprint density at radius 1 is 1.24 bits per heavy atom. The van der Waals surface area contributed by atoms with Crippen LogP contribution in [0.15, 0.2) is 29.2 Å². The molecule has 158 valence electrons. The highest BCUT2D eigenvalue weighted by Crippen LogP contribution is 2.39. The number of hydrogen-bond acceptors (Lipinski definition) is 5. The van der Waals surface area contributed by atoms with Gasteiger partial charge >= 0.3 is 0 Å². The van der Waals surface area contributed by atoms with Crippen LogP contribution in [0.2, 0.25) is 5.02 Å². The smallest absolute Gasteiger partial charge is 0.214 e. The number of benzene rings is 1. The summed E-state index contributed by atoms with van der Waals surface area (Å²) in [5, 5.41) is 3.44. The third-order valence-electron chi connectivity index (χ3n) is 4.56. The molecule has 1 saturated heterocycles. The molecule has 1 fully saturated rings. The fraction of sp³-hybridized carbons (Fsp3) is 0.450. The van der Waals surface area contributed by atoms with E-state index in [1.54, 1.807) is 0 Å². The summed E-state index contributed by atoms with van der Waals surface area (Å²) < 4.78 is 45.4. The second-order valence-electron chi connectivity index (χ2n) is 8.49. The topological polar surface area (TPSA) is 40.2 Å². The number of hydrogen-bond donors (Lipinski definition) is 2. The van der Waals surface area contributed by atoms with E-state index in [9.17, 15) is 13.2 Å². The molecule has 9 heteroatoms. The Morgan fingerprint density at radius 2 is 1.97 bits per heavy atom. The number of anilines is 2. The number of rotatable bonds is 5. The Morgan fingerprint density at radius 3 is 2.62 bits per heavy atom. The van der Waals surface area contributed by atoms with E-state index in [2.05, 4.69) is 42.7 Å². The molecule has 0 amide bonds. The van der Waals surface area contributed by atoms with Gasteiger partial charge in [0.2, 0.25) is 5.95 Å². The molecule has 29 heavy (non-hydrogen) atoms. The molecular formula is C20H24ClF3N4S. The van der Waals surface area contributed by atoms with Gasteiger partial charge in [-0.1, -0.05) is 17.7 Å². The van der Waals surface area contributed by atoms with Crippen molar-refractivity contribution in [3.05, 3.63) is 46.9 Å². The van der Waals surface area contributed by atoms with Crippen molar-refractivity contribution in [2.45, 2.75) is 50.1 Å². The van der Waals surface area contributed by atoms with Crippen molar-refractivity contribution in [3.63, 3.8) is 0 Å². The summed E-state index contributed by atoms with van der Waals surface area (Å²) in [7, 11) is 0. The quantitative estimate of drug-likeness (QED) is 0.355. The van der Waals surface area contributed by atoms with E-state index < -0.39 is 17.6 Å². The normalized spacial score (nSPS) is 19.7. The maximum absolute atomic E-state index is 14.9. The SMILES string of the molecule is CC(C)(C)N[C@]1(C)CCN(c2cc(F)c(SNc3cccc(F)n3)c(F)c2Cl)C1. The van der Waals surface area contributed by atoms with E-state index in [1.807, 2.05) is 4.90 Å². The summed E-state index contributed by atoms with van der Waals surface area (Å²) in [5.74, 6) is -2.13. The molecule has 2 N–H and O–H groups in total. The Balaban J connectivity index is 1.79. The molecular weight excluding hydrogens is 421 g/mol. The highest BCUT2D eigenvalue weighted by atomic mass is 35.5. The molecule has 1 aliphatic heterocycles. The van der Waals surface area contributed by atoms with Crippen LogP contribution >= 0.6 is 23.5 Å². The zero-order valence-electron chi connectivity index (χ0n) is 16.7. The lowest BCUT2D eigenvalue weighted by molar-refractivity contribution is 0.283. The van der Waals surface area contributed by atoms with Crippen LogP contribution < -0.4 is 14.9 Å². The largest absolute Gasteiger partial charge is 0.368 e. The average molecular weight is 445 g/mol. The van der Waals surface area contributed by atoms with Gasteiger partial charge in [-0.2, -0.15) is 4.39 Å². The van der Waals surface area contributed by atoms with Crippen LogP contribution in [0.4, 0.5) is 24.7 Å². The standard InChI is InChI=1S/C20H24ClF3N4S/c1-19(2,3)27-20(4)8-9-28(11-20)13-10-12(22)18(17(24)16(13)21)29-26-15-7-5-6-14(23)25-15/h5-7,10,27H,8-9,11H2,1-4H3,(H,25,26)/t20-/m1/s1.